The Morgan fingerprint density at radius 2 is 1.79 bits per heavy atom. The number of oxazole rings is 1. The Labute approximate surface area is 155 Å². The van der Waals surface area contributed by atoms with Crippen molar-refractivity contribution in [3.63, 3.8) is 0 Å². The molecule has 2 aromatic heterocycles. The lowest BCUT2D eigenvalue weighted by Crippen LogP contribution is -2.19. The molecule has 0 atom stereocenters. The first-order valence-corrected chi connectivity index (χ1v) is 7.83. The summed E-state index contributed by atoms with van der Waals surface area (Å²) in [5.41, 5.74) is 0.620. The van der Waals surface area contributed by atoms with E-state index in [-0.39, 0.29) is 29.8 Å². The Balaban J connectivity index is 1.55. The minimum atomic E-state index is -4.48. The van der Waals surface area contributed by atoms with Gasteiger partial charge in [0.2, 0.25) is 11.8 Å². The fourth-order valence-electron chi connectivity index (χ4n) is 2.08. The predicted molar refractivity (Wildman–Crippen MR) is 86.8 cm³/mol. The van der Waals surface area contributed by atoms with Gasteiger partial charge in [-0.1, -0.05) is 0 Å². The minimum Gasteiger partial charge on any atom is -0.468 e. The molecular weight excluding hydrogens is 384 g/mol. The number of carbonyl (C=O) groups is 1. The first kappa shape index (κ1) is 19.3. The molecule has 0 unspecified atom stereocenters. The summed E-state index contributed by atoms with van der Waals surface area (Å²) in [5, 5.41) is 0. The average molecular weight is 396 g/mol. The summed E-state index contributed by atoms with van der Waals surface area (Å²) in [4.78, 5) is 19.5. The molecule has 0 aliphatic rings. The summed E-state index contributed by atoms with van der Waals surface area (Å²) in [5.74, 6) is -0.938. The number of nitrogens with zero attached hydrogens (tertiary/aromatic N) is 2. The van der Waals surface area contributed by atoms with Gasteiger partial charge in [0.05, 0.1) is 11.8 Å². The van der Waals surface area contributed by atoms with Crippen molar-refractivity contribution in [2.45, 2.75) is 12.8 Å². The van der Waals surface area contributed by atoms with Crippen molar-refractivity contribution in [3.8, 4) is 17.2 Å². The van der Waals surface area contributed by atoms with Gasteiger partial charge in [-0.25, -0.2) is 19.2 Å². The van der Waals surface area contributed by atoms with Gasteiger partial charge in [0.1, 0.15) is 5.82 Å². The molecule has 0 N–H and O–H groups in total. The number of carbonyl (C=O) groups excluding carboxylic acids is 1. The maximum absolute atomic E-state index is 12.9. The van der Waals surface area contributed by atoms with Gasteiger partial charge in [0.15, 0.2) is 19.0 Å². The summed E-state index contributed by atoms with van der Waals surface area (Å²) in [7, 11) is 0. The summed E-state index contributed by atoms with van der Waals surface area (Å²) in [6.07, 6.45) is -2.04. The van der Waals surface area contributed by atoms with Crippen molar-refractivity contribution in [3.05, 3.63) is 66.1 Å². The van der Waals surface area contributed by atoms with Crippen LogP contribution in [0.15, 0.2) is 53.2 Å². The van der Waals surface area contributed by atoms with Crippen LogP contribution in [-0.2, 0) is 11.3 Å². The van der Waals surface area contributed by atoms with E-state index in [0.717, 1.165) is 12.3 Å². The zero-order chi connectivity index (χ0) is 20.1. The number of esters is 1. The second kappa shape index (κ2) is 8.07. The van der Waals surface area contributed by atoms with Gasteiger partial charge in [0.25, 0.3) is 0 Å². The normalized spacial score (nSPS) is 11.3. The molecule has 0 saturated heterocycles. The number of hydrogen-bond acceptors (Lipinski definition) is 6. The van der Waals surface area contributed by atoms with Crippen LogP contribution in [0.3, 0.4) is 0 Å². The first-order chi connectivity index (χ1) is 13.3. The van der Waals surface area contributed by atoms with Crippen molar-refractivity contribution >= 4 is 5.97 Å². The molecule has 0 radical (unpaired) electrons. The minimum absolute atomic E-state index is 0.0182. The largest absolute Gasteiger partial charge is 0.468 e. The van der Waals surface area contributed by atoms with Gasteiger partial charge in [-0.2, -0.15) is 13.2 Å². The molecule has 6 nitrogen and oxygen atoms in total. The number of halogens is 4. The number of hydrogen-bond donors (Lipinski definition) is 0. The van der Waals surface area contributed by atoms with E-state index in [0.29, 0.717) is 11.3 Å². The van der Waals surface area contributed by atoms with Gasteiger partial charge in [-0.15, -0.1) is 0 Å². The molecule has 3 rings (SSSR count). The van der Waals surface area contributed by atoms with Crippen molar-refractivity contribution in [1.82, 2.24) is 9.97 Å². The van der Waals surface area contributed by atoms with Crippen LogP contribution in [0.5, 0.6) is 5.88 Å². The highest BCUT2D eigenvalue weighted by molar-refractivity contribution is 5.89. The molecule has 28 heavy (non-hydrogen) atoms. The molecule has 146 valence electrons. The zero-order valence-corrected chi connectivity index (χ0v) is 14.1. The monoisotopic (exact) mass is 396 g/mol. The van der Waals surface area contributed by atoms with Crippen LogP contribution in [-0.4, -0.2) is 28.7 Å². The lowest BCUT2D eigenvalue weighted by molar-refractivity contribution is -0.154. The maximum atomic E-state index is 12.9. The Morgan fingerprint density at radius 3 is 2.43 bits per heavy atom. The van der Waals surface area contributed by atoms with Crippen LogP contribution in [0.1, 0.15) is 16.2 Å². The van der Waals surface area contributed by atoms with E-state index in [2.05, 4.69) is 14.7 Å². The SMILES string of the molecule is O=C(OCc1ncc(-c2ccc(F)cc2)o1)c1ccc(OCC(F)(F)F)nc1. The quantitative estimate of drug-likeness (QED) is 0.460. The number of benzene rings is 1. The molecule has 10 heteroatoms. The highest BCUT2D eigenvalue weighted by Crippen LogP contribution is 2.21. The van der Waals surface area contributed by atoms with E-state index in [1.54, 1.807) is 0 Å². The summed E-state index contributed by atoms with van der Waals surface area (Å²) >= 11 is 0. The van der Waals surface area contributed by atoms with Crippen LogP contribution in [0.2, 0.25) is 0 Å². The standard InChI is InChI=1S/C18H12F4N2O4/c19-13-4-1-11(2-5-13)14-8-24-16(28-14)9-26-17(25)12-3-6-15(23-7-12)27-10-18(20,21)22/h1-8H,9-10H2. The third-order valence-electron chi connectivity index (χ3n) is 3.36. The second-order valence-corrected chi connectivity index (χ2v) is 5.49. The van der Waals surface area contributed by atoms with Gasteiger partial charge in [-0.3, -0.25) is 0 Å². The fourth-order valence-corrected chi connectivity index (χ4v) is 2.08. The molecule has 2 heterocycles. The molecule has 0 bridgehead atoms. The third kappa shape index (κ3) is 5.29. The summed E-state index contributed by atoms with van der Waals surface area (Å²) in [6.45, 7) is -1.75. The second-order valence-electron chi connectivity index (χ2n) is 5.49. The number of ether oxygens (including phenoxy) is 2. The van der Waals surface area contributed by atoms with Crippen molar-refractivity contribution in [2.24, 2.45) is 0 Å². The Kier molecular flexibility index (Phi) is 5.57. The van der Waals surface area contributed by atoms with E-state index in [9.17, 15) is 22.4 Å². The third-order valence-corrected chi connectivity index (χ3v) is 3.36. The van der Waals surface area contributed by atoms with Gasteiger partial charge < -0.3 is 13.9 Å². The lowest BCUT2D eigenvalue weighted by atomic mass is 10.2. The Morgan fingerprint density at radius 1 is 1.04 bits per heavy atom. The van der Waals surface area contributed by atoms with Crippen LogP contribution < -0.4 is 4.74 Å². The first-order valence-electron chi connectivity index (χ1n) is 7.83. The molecular formula is C18H12F4N2O4. The van der Waals surface area contributed by atoms with Gasteiger partial charge in [-0.05, 0) is 30.3 Å². The van der Waals surface area contributed by atoms with E-state index in [1.165, 1.54) is 36.5 Å². The molecule has 1 aromatic carbocycles. The van der Waals surface area contributed by atoms with Crippen molar-refractivity contribution in [1.29, 1.82) is 0 Å². The van der Waals surface area contributed by atoms with Crippen LogP contribution >= 0.6 is 0 Å². The predicted octanol–water partition coefficient (Wildman–Crippen LogP) is 4.17. The summed E-state index contributed by atoms with van der Waals surface area (Å²) in [6, 6.07) is 7.92. The highest BCUT2D eigenvalue weighted by atomic mass is 19.4. The summed E-state index contributed by atoms with van der Waals surface area (Å²) < 4.78 is 64.1. The average Bonchev–Trinajstić information content (AvgIpc) is 3.14. The van der Waals surface area contributed by atoms with Crippen LogP contribution in [0, 0.1) is 5.82 Å². The van der Waals surface area contributed by atoms with Crippen molar-refractivity contribution in [2.75, 3.05) is 6.61 Å². The van der Waals surface area contributed by atoms with E-state index < -0.39 is 18.8 Å². The van der Waals surface area contributed by atoms with Gasteiger partial charge in [0, 0.05) is 17.8 Å². The molecule has 0 amide bonds. The molecule has 0 aliphatic heterocycles. The molecule has 3 aromatic rings. The molecule has 0 fully saturated rings. The Bertz CT molecular complexity index is 937. The number of aromatic nitrogens is 2. The number of alkyl halides is 3. The van der Waals surface area contributed by atoms with Gasteiger partial charge >= 0.3 is 12.1 Å². The van der Waals surface area contributed by atoms with Crippen LogP contribution in [0.4, 0.5) is 17.6 Å². The van der Waals surface area contributed by atoms with Crippen LogP contribution in [0.25, 0.3) is 11.3 Å². The molecule has 0 saturated carbocycles. The number of pyridine rings is 1. The molecule has 0 aliphatic carbocycles. The highest BCUT2D eigenvalue weighted by Gasteiger charge is 2.28. The van der Waals surface area contributed by atoms with E-state index in [1.807, 2.05) is 0 Å². The van der Waals surface area contributed by atoms with E-state index >= 15 is 0 Å². The molecule has 0 spiro atoms. The topological polar surface area (TPSA) is 74.5 Å². The lowest BCUT2D eigenvalue weighted by Gasteiger charge is -2.08. The Hall–Kier alpha value is -3.43. The smallest absolute Gasteiger partial charge is 0.422 e. The van der Waals surface area contributed by atoms with E-state index in [4.69, 9.17) is 9.15 Å². The van der Waals surface area contributed by atoms with Crippen molar-refractivity contribution < 1.29 is 36.2 Å². The maximum Gasteiger partial charge on any atom is 0.422 e. The zero-order valence-electron chi connectivity index (χ0n) is 14.1. The fraction of sp³-hybridized carbons (Fsp3) is 0.167. The number of rotatable bonds is 6.